The average Bonchev–Trinajstić information content (AvgIpc) is 2.94. The van der Waals surface area contributed by atoms with Crippen LogP contribution in [0.5, 0.6) is 0 Å². The van der Waals surface area contributed by atoms with Gasteiger partial charge < -0.3 is 10.4 Å². The molecule has 1 fully saturated rings. The van der Waals surface area contributed by atoms with Crippen molar-refractivity contribution < 1.29 is 19.5 Å². The van der Waals surface area contributed by atoms with E-state index in [4.69, 9.17) is 0 Å². The van der Waals surface area contributed by atoms with E-state index in [1.54, 1.807) is 13.0 Å². The minimum Gasteiger partial charge on any atom is -0.477 e. The summed E-state index contributed by atoms with van der Waals surface area (Å²) in [6, 6.07) is 5.03. The monoisotopic (exact) mass is 311 g/mol. The van der Waals surface area contributed by atoms with E-state index < -0.39 is 17.5 Å². The number of hydrogen-bond acceptors (Lipinski definition) is 4. The molecule has 4 rings (SSSR count). The lowest BCUT2D eigenvalue weighted by molar-refractivity contribution is -0.123. The van der Waals surface area contributed by atoms with E-state index in [0.717, 1.165) is 16.5 Å². The fourth-order valence-corrected chi connectivity index (χ4v) is 3.45. The van der Waals surface area contributed by atoms with Gasteiger partial charge in [-0.15, -0.1) is 0 Å². The fourth-order valence-electron chi connectivity index (χ4n) is 3.45. The number of nitrogens with one attached hydrogen (secondary N) is 2. The van der Waals surface area contributed by atoms with Crippen LogP contribution in [0, 0.1) is 6.92 Å². The number of imide groups is 1. The number of rotatable bonds is 1. The summed E-state index contributed by atoms with van der Waals surface area (Å²) >= 11 is 0. The van der Waals surface area contributed by atoms with Crippen molar-refractivity contribution in [3.05, 3.63) is 40.6 Å². The number of carboxylic acids is 1. The lowest BCUT2D eigenvalue weighted by Crippen LogP contribution is -2.47. The van der Waals surface area contributed by atoms with Crippen molar-refractivity contribution in [3.63, 3.8) is 0 Å². The molecule has 0 radical (unpaired) electrons. The standard InChI is InChI=1S/C16H13N3O4/c1-7-2-8-3-9-5-16(14(22)18-15(23)19-16)6-10(9)4-11(8)17-12(7)13(20)21/h2-4H,5-6H2,1H3,(H,20,21)(H2,18,19,22,23). The van der Waals surface area contributed by atoms with Gasteiger partial charge in [-0.3, -0.25) is 10.1 Å². The molecule has 7 heteroatoms. The van der Waals surface area contributed by atoms with Gasteiger partial charge in [0.1, 0.15) is 5.54 Å². The van der Waals surface area contributed by atoms with Crippen molar-refractivity contribution >= 4 is 28.8 Å². The van der Waals surface area contributed by atoms with E-state index in [1.807, 2.05) is 12.1 Å². The third kappa shape index (κ3) is 1.89. The summed E-state index contributed by atoms with van der Waals surface area (Å²) in [4.78, 5) is 39.0. The normalized spacial score (nSPS) is 22.3. The number of fused-ring (bicyclic) bond motifs is 2. The van der Waals surface area contributed by atoms with E-state index in [2.05, 4.69) is 15.6 Å². The highest BCUT2D eigenvalue weighted by atomic mass is 16.4. The number of nitrogens with zero attached hydrogens (tertiary/aromatic N) is 1. The minimum atomic E-state index is -1.07. The van der Waals surface area contributed by atoms with Crippen LogP contribution in [0.3, 0.4) is 0 Å². The molecule has 2 aromatic rings. The molecule has 0 bridgehead atoms. The zero-order valence-electron chi connectivity index (χ0n) is 12.3. The lowest BCUT2D eigenvalue weighted by Gasteiger charge is -2.18. The Bertz CT molecular complexity index is 921. The Morgan fingerprint density at radius 3 is 2.52 bits per heavy atom. The number of benzene rings is 1. The van der Waals surface area contributed by atoms with E-state index in [-0.39, 0.29) is 11.6 Å². The first-order valence-electron chi connectivity index (χ1n) is 7.18. The summed E-state index contributed by atoms with van der Waals surface area (Å²) in [7, 11) is 0. The van der Waals surface area contributed by atoms with Gasteiger partial charge in [-0.1, -0.05) is 0 Å². The fraction of sp³-hybridized carbons (Fsp3) is 0.250. The molecule has 1 unspecified atom stereocenters. The van der Waals surface area contributed by atoms with Crippen LogP contribution in [0.15, 0.2) is 18.2 Å². The van der Waals surface area contributed by atoms with Crippen molar-refractivity contribution in [2.75, 3.05) is 0 Å². The molecular weight excluding hydrogens is 298 g/mol. The number of hydrogen-bond donors (Lipinski definition) is 3. The lowest BCUT2D eigenvalue weighted by atomic mass is 9.96. The van der Waals surface area contributed by atoms with Crippen LogP contribution in [0.4, 0.5) is 4.79 Å². The van der Waals surface area contributed by atoms with Gasteiger partial charge in [0.15, 0.2) is 5.69 Å². The molecular formula is C16H13N3O4. The van der Waals surface area contributed by atoms with Gasteiger partial charge in [0.05, 0.1) is 5.52 Å². The quantitative estimate of drug-likeness (QED) is 0.679. The first kappa shape index (κ1) is 13.7. The molecule has 1 aliphatic heterocycles. The molecule has 1 spiro atoms. The SMILES string of the molecule is Cc1cc2cc3c(cc2nc1C(=O)O)CC1(C3)NC(=O)NC1=O. The first-order valence-corrected chi connectivity index (χ1v) is 7.18. The van der Waals surface area contributed by atoms with Crippen LogP contribution in [0.25, 0.3) is 10.9 Å². The van der Waals surface area contributed by atoms with Crippen LogP contribution in [0.2, 0.25) is 0 Å². The highest BCUT2D eigenvalue weighted by Crippen LogP contribution is 2.35. The zero-order valence-corrected chi connectivity index (χ0v) is 12.3. The van der Waals surface area contributed by atoms with Crippen molar-refractivity contribution in [2.24, 2.45) is 0 Å². The van der Waals surface area contributed by atoms with Crippen LogP contribution in [-0.4, -0.2) is 33.5 Å². The van der Waals surface area contributed by atoms with Crippen LogP contribution in [0.1, 0.15) is 27.2 Å². The zero-order chi connectivity index (χ0) is 16.4. The Labute approximate surface area is 130 Å². The smallest absolute Gasteiger partial charge is 0.354 e. The maximum absolute atomic E-state index is 12.1. The van der Waals surface area contributed by atoms with E-state index in [9.17, 15) is 19.5 Å². The van der Waals surface area contributed by atoms with Crippen LogP contribution >= 0.6 is 0 Å². The van der Waals surface area contributed by atoms with Gasteiger partial charge in [0.2, 0.25) is 0 Å². The number of urea groups is 1. The molecule has 1 aromatic carbocycles. The van der Waals surface area contributed by atoms with Gasteiger partial charge in [-0.05, 0) is 41.8 Å². The molecule has 1 aromatic heterocycles. The average molecular weight is 311 g/mol. The number of carbonyl (C=O) groups is 3. The van der Waals surface area contributed by atoms with E-state index in [0.29, 0.717) is 23.9 Å². The molecule has 116 valence electrons. The molecule has 23 heavy (non-hydrogen) atoms. The Morgan fingerprint density at radius 2 is 1.91 bits per heavy atom. The summed E-state index contributed by atoms with van der Waals surface area (Å²) in [6.07, 6.45) is 0.809. The third-order valence-corrected chi connectivity index (χ3v) is 4.53. The molecule has 3 amide bonds. The molecule has 7 nitrogen and oxygen atoms in total. The largest absolute Gasteiger partial charge is 0.477 e. The summed E-state index contributed by atoms with van der Waals surface area (Å²) in [6.45, 7) is 1.70. The second-order valence-corrected chi connectivity index (χ2v) is 6.12. The maximum atomic E-state index is 12.1. The second kappa shape index (κ2) is 4.28. The first-order chi connectivity index (χ1) is 10.9. The number of aryl methyl sites for hydroxylation is 1. The highest BCUT2D eigenvalue weighted by molar-refractivity contribution is 6.08. The number of carbonyl (C=O) groups excluding carboxylic acids is 2. The highest BCUT2D eigenvalue weighted by Gasteiger charge is 2.50. The van der Waals surface area contributed by atoms with Gasteiger partial charge >= 0.3 is 12.0 Å². The van der Waals surface area contributed by atoms with Crippen molar-refractivity contribution in [2.45, 2.75) is 25.3 Å². The maximum Gasteiger partial charge on any atom is 0.354 e. The minimum absolute atomic E-state index is 0.0251. The number of amides is 3. The number of carboxylic acid groups (broad SMARTS) is 1. The van der Waals surface area contributed by atoms with Gasteiger partial charge in [-0.25, -0.2) is 14.6 Å². The number of aromatic carboxylic acids is 1. The molecule has 0 saturated carbocycles. The van der Waals surface area contributed by atoms with Gasteiger partial charge in [0, 0.05) is 18.2 Å². The number of pyridine rings is 1. The van der Waals surface area contributed by atoms with Gasteiger partial charge in [0.25, 0.3) is 5.91 Å². The van der Waals surface area contributed by atoms with Crippen molar-refractivity contribution in [1.82, 2.24) is 15.6 Å². The van der Waals surface area contributed by atoms with E-state index >= 15 is 0 Å². The molecule has 1 saturated heterocycles. The van der Waals surface area contributed by atoms with Crippen LogP contribution < -0.4 is 10.6 Å². The molecule has 1 atom stereocenters. The molecule has 1 aliphatic carbocycles. The number of aromatic nitrogens is 1. The van der Waals surface area contributed by atoms with Crippen LogP contribution in [-0.2, 0) is 17.6 Å². The van der Waals surface area contributed by atoms with E-state index in [1.165, 1.54) is 0 Å². The Balaban J connectivity index is 1.84. The summed E-state index contributed by atoms with van der Waals surface area (Å²) < 4.78 is 0. The predicted molar refractivity (Wildman–Crippen MR) is 80.3 cm³/mol. The molecule has 2 aliphatic rings. The Hall–Kier alpha value is -2.96. The van der Waals surface area contributed by atoms with Gasteiger partial charge in [-0.2, -0.15) is 0 Å². The Morgan fingerprint density at radius 1 is 1.22 bits per heavy atom. The third-order valence-electron chi connectivity index (χ3n) is 4.53. The molecule has 2 heterocycles. The summed E-state index contributed by atoms with van der Waals surface area (Å²) in [5.41, 5.74) is 2.14. The van der Waals surface area contributed by atoms with Crippen molar-refractivity contribution in [3.8, 4) is 0 Å². The topological polar surface area (TPSA) is 108 Å². The Kier molecular flexibility index (Phi) is 2.55. The second-order valence-electron chi connectivity index (χ2n) is 6.12. The molecule has 3 N–H and O–H groups in total. The summed E-state index contributed by atoms with van der Waals surface area (Å²) in [5, 5.41) is 15.0. The summed E-state index contributed by atoms with van der Waals surface area (Å²) in [5.74, 6) is -1.39. The predicted octanol–water partition coefficient (Wildman–Crippen LogP) is 0.918. The van der Waals surface area contributed by atoms with Crippen molar-refractivity contribution in [1.29, 1.82) is 0 Å².